The van der Waals surface area contributed by atoms with Gasteiger partial charge in [-0.05, 0) is 66.1 Å². The molecule has 0 bridgehead atoms. The number of halogens is 1. The van der Waals surface area contributed by atoms with E-state index in [1.165, 1.54) is 11.3 Å². The average molecular weight is 446 g/mol. The molecule has 8 heteroatoms. The number of rotatable bonds is 2. The van der Waals surface area contributed by atoms with Crippen molar-refractivity contribution in [2.45, 2.75) is 13.5 Å². The highest BCUT2D eigenvalue weighted by atomic mass is 79.9. The Morgan fingerprint density at radius 1 is 1.19 bits per heavy atom. The molecule has 4 rings (SSSR count). The smallest absolute Gasteiger partial charge is 0.423 e. The second-order valence-electron chi connectivity index (χ2n) is 6.91. The molecule has 0 amide bonds. The molecule has 5 nitrogen and oxygen atoms in total. The molecule has 2 heterocycles. The van der Waals surface area contributed by atoms with Crippen molar-refractivity contribution in [3.05, 3.63) is 52.0 Å². The third-order valence-corrected chi connectivity index (χ3v) is 5.98. The number of thiocarbonyl (C=S) groups is 1. The van der Waals surface area contributed by atoms with Gasteiger partial charge in [-0.2, -0.15) is 0 Å². The minimum absolute atomic E-state index is 0.435. The van der Waals surface area contributed by atoms with Gasteiger partial charge < -0.3 is 24.8 Å². The summed E-state index contributed by atoms with van der Waals surface area (Å²) in [5.74, 6) is 0. The summed E-state index contributed by atoms with van der Waals surface area (Å²) in [5.41, 5.74) is 5.34. The number of nitrogens with one attached hydrogen (secondary N) is 1. The fourth-order valence-corrected chi connectivity index (χ4v) is 4.41. The largest absolute Gasteiger partial charge is 0.491 e. The number of piperazine rings is 1. The molecule has 0 atom stereocenters. The SMILES string of the molecule is Cc1cc(Br)ccc1N1CCN(C(=S)Nc2ccc3c(c2)COB3O)CC1. The standard InChI is InChI=1S/C19H21BBrN3O2S/c1-13-10-15(21)2-5-18(13)23-6-8-24(9-7-23)19(27)22-16-3-4-17-14(11-16)12-26-20(17)25/h2-5,10-11,25H,6-9,12H2,1H3,(H,22,27). The van der Waals surface area contributed by atoms with Gasteiger partial charge in [0.25, 0.3) is 0 Å². The molecule has 0 spiro atoms. The van der Waals surface area contributed by atoms with Crippen LogP contribution in [0.15, 0.2) is 40.9 Å². The first-order valence-corrected chi connectivity index (χ1v) is 10.2. The number of benzene rings is 2. The first kappa shape index (κ1) is 18.7. The van der Waals surface area contributed by atoms with Crippen LogP contribution < -0.4 is 15.7 Å². The van der Waals surface area contributed by atoms with Gasteiger partial charge in [-0.1, -0.05) is 22.0 Å². The minimum atomic E-state index is -0.809. The molecule has 2 aromatic rings. The predicted octanol–water partition coefficient (Wildman–Crippen LogP) is 2.49. The van der Waals surface area contributed by atoms with Crippen molar-refractivity contribution in [3.8, 4) is 0 Å². The van der Waals surface area contributed by atoms with Crippen LogP contribution in [0, 0.1) is 6.92 Å². The fraction of sp³-hybridized carbons (Fsp3) is 0.316. The summed E-state index contributed by atoms with van der Waals surface area (Å²) in [7, 11) is -0.809. The summed E-state index contributed by atoms with van der Waals surface area (Å²) in [6, 6.07) is 12.3. The number of hydrogen-bond donors (Lipinski definition) is 2. The summed E-state index contributed by atoms with van der Waals surface area (Å²) in [6.07, 6.45) is 0. The number of aryl methyl sites for hydroxylation is 1. The fourth-order valence-electron chi connectivity index (χ4n) is 3.63. The maximum Gasteiger partial charge on any atom is 0.491 e. The summed E-state index contributed by atoms with van der Waals surface area (Å²) < 4.78 is 6.36. The number of anilines is 2. The zero-order valence-electron chi connectivity index (χ0n) is 15.1. The van der Waals surface area contributed by atoms with E-state index in [1.54, 1.807) is 0 Å². The van der Waals surface area contributed by atoms with E-state index in [-0.39, 0.29) is 0 Å². The van der Waals surface area contributed by atoms with Crippen molar-refractivity contribution in [1.82, 2.24) is 4.90 Å². The Morgan fingerprint density at radius 2 is 1.96 bits per heavy atom. The normalized spacial score (nSPS) is 16.5. The molecule has 1 saturated heterocycles. The maximum absolute atomic E-state index is 9.73. The number of fused-ring (bicyclic) bond motifs is 1. The second kappa shape index (κ2) is 7.79. The molecule has 0 aromatic heterocycles. The highest BCUT2D eigenvalue weighted by molar-refractivity contribution is 9.10. The highest BCUT2D eigenvalue weighted by Gasteiger charge is 2.27. The van der Waals surface area contributed by atoms with Gasteiger partial charge in [0.2, 0.25) is 0 Å². The van der Waals surface area contributed by atoms with Crippen LogP contribution in [0.25, 0.3) is 0 Å². The second-order valence-corrected chi connectivity index (χ2v) is 8.21. The van der Waals surface area contributed by atoms with E-state index in [2.05, 4.69) is 56.2 Å². The highest BCUT2D eigenvalue weighted by Crippen LogP contribution is 2.25. The van der Waals surface area contributed by atoms with Crippen LogP contribution in [0.4, 0.5) is 11.4 Å². The molecule has 0 aliphatic carbocycles. The van der Waals surface area contributed by atoms with E-state index in [1.807, 2.05) is 18.2 Å². The summed E-state index contributed by atoms with van der Waals surface area (Å²) in [5, 5.41) is 13.8. The van der Waals surface area contributed by atoms with Crippen LogP contribution >= 0.6 is 28.1 Å². The summed E-state index contributed by atoms with van der Waals surface area (Å²) in [4.78, 5) is 4.62. The first-order chi connectivity index (χ1) is 13.0. The Bertz CT molecular complexity index is 874. The van der Waals surface area contributed by atoms with Gasteiger partial charge in [-0.3, -0.25) is 0 Å². The van der Waals surface area contributed by atoms with Crippen LogP contribution in [-0.4, -0.2) is 48.3 Å². The molecule has 27 heavy (non-hydrogen) atoms. The van der Waals surface area contributed by atoms with E-state index in [0.717, 1.165) is 52.5 Å². The number of nitrogens with zero attached hydrogens (tertiary/aromatic N) is 2. The topological polar surface area (TPSA) is 48.0 Å². The monoisotopic (exact) mass is 445 g/mol. The Kier molecular flexibility index (Phi) is 5.41. The predicted molar refractivity (Wildman–Crippen MR) is 118 cm³/mol. The van der Waals surface area contributed by atoms with Crippen molar-refractivity contribution in [3.63, 3.8) is 0 Å². The molecule has 0 radical (unpaired) electrons. The van der Waals surface area contributed by atoms with Gasteiger partial charge >= 0.3 is 7.12 Å². The van der Waals surface area contributed by atoms with Gasteiger partial charge in [0, 0.05) is 42.0 Å². The van der Waals surface area contributed by atoms with Crippen LogP contribution in [0.5, 0.6) is 0 Å². The first-order valence-electron chi connectivity index (χ1n) is 9.01. The Morgan fingerprint density at radius 3 is 2.70 bits per heavy atom. The molecule has 0 saturated carbocycles. The third-order valence-electron chi connectivity index (χ3n) is 5.12. The molecule has 2 N–H and O–H groups in total. The molecule has 2 aliphatic rings. The molecule has 140 valence electrons. The van der Waals surface area contributed by atoms with E-state index >= 15 is 0 Å². The van der Waals surface area contributed by atoms with Crippen LogP contribution in [0.2, 0.25) is 0 Å². The van der Waals surface area contributed by atoms with Crippen LogP contribution in [-0.2, 0) is 11.3 Å². The van der Waals surface area contributed by atoms with E-state index in [9.17, 15) is 5.02 Å². The van der Waals surface area contributed by atoms with Crippen molar-refractivity contribution in [1.29, 1.82) is 0 Å². The van der Waals surface area contributed by atoms with Gasteiger partial charge in [0.15, 0.2) is 5.11 Å². The minimum Gasteiger partial charge on any atom is -0.423 e. The molecule has 0 unspecified atom stereocenters. The molecule has 1 fully saturated rings. The van der Waals surface area contributed by atoms with Gasteiger partial charge in [-0.25, -0.2) is 0 Å². The molecule has 2 aliphatic heterocycles. The lowest BCUT2D eigenvalue weighted by Crippen LogP contribution is -2.50. The Labute approximate surface area is 173 Å². The van der Waals surface area contributed by atoms with Gasteiger partial charge in [0.1, 0.15) is 0 Å². The zero-order chi connectivity index (χ0) is 19.0. The lowest BCUT2D eigenvalue weighted by molar-refractivity contribution is 0.275. The van der Waals surface area contributed by atoms with Crippen LogP contribution in [0.3, 0.4) is 0 Å². The summed E-state index contributed by atoms with van der Waals surface area (Å²) >= 11 is 9.14. The molecular formula is C19H21BBrN3O2S. The Hall–Kier alpha value is -1.61. The number of hydrogen-bond acceptors (Lipinski definition) is 4. The van der Waals surface area contributed by atoms with Gasteiger partial charge in [-0.15, -0.1) is 0 Å². The van der Waals surface area contributed by atoms with Crippen LogP contribution in [0.1, 0.15) is 11.1 Å². The van der Waals surface area contributed by atoms with Crippen molar-refractivity contribution < 1.29 is 9.68 Å². The third kappa shape index (κ3) is 3.99. The van der Waals surface area contributed by atoms with Crippen molar-refractivity contribution in [2.75, 3.05) is 36.4 Å². The van der Waals surface area contributed by atoms with E-state index < -0.39 is 7.12 Å². The zero-order valence-corrected chi connectivity index (χ0v) is 17.5. The lowest BCUT2D eigenvalue weighted by Gasteiger charge is -2.38. The van der Waals surface area contributed by atoms with Gasteiger partial charge in [0.05, 0.1) is 6.61 Å². The average Bonchev–Trinajstić information content (AvgIpc) is 3.02. The van der Waals surface area contributed by atoms with Crippen molar-refractivity contribution in [2.24, 2.45) is 0 Å². The van der Waals surface area contributed by atoms with E-state index in [4.69, 9.17) is 16.9 Å². The summed E-state index contributed by atoms with van der Waals surface area (Å²) in [6.45, 7) is 6.22. The van der Waals surface area contributed by atoms with E-state index in [0.29, 0.717) is 6.61 Å². The molecular weight excluding hydrogens is 425 g/mol. The van der Waals surface area contributed by atoms with Crippen molar-refractivity contribution >= 4 is 57.2 Å². The molecule has 2 aromatic carbocycles. The maximum atomic E-state index is 9.73. The lowest BCUT2D eigenvalue weighted by atomic mass is 9.79. The quantitative estimate of drug-likeness (QED) is 0.547. The Balaban J connectivity index is 1.36.